The molecule has 1 aromatic heterocycles. The molecule has 0 radical (unpaired) electrons. The Morgan fingerprint density at radius 1 is 1.13 bits per heavy atom. The summed E-state index contributed by atoms with van der Waals surface area (Å²) >= 11 is 4.97. The zero-order chi connectivity index (χ0) is 16.1. The number of nitrogens with zero attached hydrogens (tertiary/aromatic N) is 2. The third kappa shape index (κ3) is 4.36. The quantitative estimate of drug-likeness (QED) is 0.438. The van der Waals surface area contributed by atoms with E-state index in [1.165, 1.54) is 17.3 Å². The highest BCUT2D eigenvalue weighted by molar-refractivity contribution is 9.10. The molecule has 0 aliphatic rings. The van der Waals surface area contributed by atoms with E-state index in [4.69, 9.17) is 9.15 Å². The first kappa shape index (κ1) is 16.1. The molecular weight excluding hydrogens is 376 g/mol. The fourth-order valence-corrected chi connectivity index (χ4v) is 3.04. The van der Waals surface area contributed by atoms with Crippen LogP contribution in [0.1, 0.15) is 5.56 Å². The maximum atomic E-state index is 5.70. The number of aromatic nitrogens is 2. The fourth-order valence-electron chi connectivity index (χ4n) is 2.01. The predicted molar refractivity (Wildman–Crippen MR) is 94.8 cm³/mol. The van der Waals surface area contributed by atoms with Crippen molar-refractivity contribution in [1.82, 2.24) is 10.2 Å². The Morgan fingerprint density at radius 2 is 2.00 bits per heavy atom. The maximum absolute atomic E-state index is 5.70. The molecule has 6 heteroatoms. The van der Waals surface area contributed by atoms with E-state index >= 15 is 0 Å². The van der Waals surface area contributed by atoms with Crippen LogP contribution in [0.25, 0.3) is 11.5 Å². The van der Waals surface area contributed by atoms with E-state index in [9.17, 15) is 0 Å². The van der Waals surface area contributed by atoms with E-state index in [-0.39, 0.29) is 0 Å². The number of thioether (sulfide) groups is 1. The van der Waals surface area contributed by atoms with Crippen molar-refractivity contribution in [2.24, 2.45) is 0 Å². The smallest absolute Gasteiger partial charge is 0.276 e. The number of halogens is 1. The SMILES string of the molecule is Cc1cccc(OCCSc2nnc(-c3ccccc3Br)o2)c1. The van der Waals surface area contributed by atoms with Crippen molar-refractivity contribution in [1.29, 1.82) is 0 Å². The van der Waals surface area contributed by atoms with Gasteiger partial charge in [0.15, 0.2) is 0 Å². The lowest BCUT2D eigenvalue weighted by molar-refractivity contribution is 0.343. The van der Waals surface area contributed by atoms with Crippen molar-refractivity contribution in [3.05, 3.63) is 58.6 Å². The van der Waals surface area contributed by atoms with Crippen LogP contribution in [0.3, 0.4) is 0 Å². The molecule has 3 rings (SSSR count). The molecule has 0 saturated carbocycles. The fraction of sp³-hybridized carbons (Fsp3) is 0.176. The molecule has 0 unspecified atom stereocenters. The molecule has 0 saturated heterocycles. The Morgan fingerprint density at radius 3 is 2.83 bits per heavy atom. The van der Waals surface area contributed by atoms with Gasteiger partial charge in [0.25, 0.3) is 5.22 Å². The molecule has 2 aromatic carbocycles. The van der Waals surface area contributed by atoms with E-state index in [0.717, 1.165) is 21.5 Å². The van der Waals surface area contributed by atoms with Gasteiger partial charge in [-0.1, -0.05) is 36.0 Å². The van der Waals surface area contributed by atoms with Crippen molar-refractivity contribution in [3.63, 3.8) is 0 Å². The van der Waals surface area contributed by atoms with Crippen LogP contribution in [0.5, 0.6) is 5.75 Å². The maximum Gasteiger partial charge on any atom is 0.276 e. The monoisotopic (exact) mass is 390 g/mol. The molecular formula is C17H15BrN2O2S. The standard InChI is InChI=1S/C17H15BrN2O2S/c1-12-5-4-6-13(11-12)21-9-10-23-17-20-19-16(22-17)14-7-2-3-8-15(14)18/h2-8,11H,9-10H2,1H3. The summed E-state index contributed by atoms with van der Waals surface area (Å²) in [5.74, 6) is 2.13. The molecule has 0 atom stereocenters. The highest BCUT2D eigenvalue weighted by Gasteiger charge is 2.11. The van der Waals surface area contributed by atoms with Gasteiger partial charge in [-0.3, -0.25) is 0 Å². The average molecular weight is 391 g/mol. The van der Waals surface area contributed by atoms with Gasteiger partial charge in [-0.25, -0.2) is 0 Å². The third-order valence-corrected chi connectivity index (χ3v) is 4.55. The van der Waals surface area contributed by atoms with Gasteiger partial charge >= 0.3 is 0 Å². The Kier molecular flexibility index (Phi) is 5.35. The molecule has 3 aromatic rings. The van der Waals surface area contributed by atoms with Crippen molar-refractivity contribution in [2.75, 3.05) is 12.4 Å². The van der Waals surface area contributed by atoms with Crippen molar-refractivity contribution < 1.29 is 9.15 Å². The van der Waals surface area contributed by atoms with Gasteiger partial charge in [-0.2, -0.15) is 0 Å². The predicted octanol–water partition coefficient (Wildman–Crippen LogP) is 4.98. The topological polar surface area (TPSA) is 48.2 Å². The molecule has 1 heterocycles. The first-order valence-corrected chi connectivity index (χ1v) is 8.91. The lowest BCUT2D eigenvalue weighted by atomic mass is 10.2. The number of hydrogen-bond donors (Lipinski definition) is 0. The van der Waals surface area contributed by atoms with Gasteiger partial charge in [-0.15, -0.1) is 10.2 Å². The molecule has 0 fully saturated rings. The summed E-state index contributed by atoms with van der Waals surface area (Å²) < 4.78 is 12.3. The van der Waals surface area contributed by atoms with Crippen LogP contribution in [0.15, 0.2) is 62.6 Å². The minimum absolute atomic E-state index is 0.513. The second-order valence-corrected chi connectivity index (χ2v) is 6.77. The summed E-state index contributed by atoms with van der Waals surface area (Å²) in [6, 6.07) is 15.8. The first-order chi connectivity index (χ1) is 11.2. The Labute approximate surface area is 147 Å². The Hall–Kier alpha value is -1.79. The molecule has 0 spiro atoms. The molecule has 0 bridgehead atoms. The van der Waals surface area contributed by atoms with Gasteiger partial charge in [0.05, 0.1) is 12.2 Å². The van der Waals surface area contributed by atoms with Crippen LogP contribution in [0.4, 0.5) is 0 Å². The Balaban J connectivity index is 1.53. The van der Waals surface area contributed by atoms with E-state index < -0.39 is 0 Å². The number of rotatable bonds is 6. The molecule has 0 amide bonds. The van der Waals surface area contributed by atoms with Crippen molar-refractivity contribution in [2.45, 2.75) is 12.1 Å². The van der Waals surface area contributed by atoms with Crippen LogP contribution < -0.4 is 4.74 Å². The molecule has 0 aliphatic carbocycles. The van der Waals surface area contributed by atoms with Gasteiger partial charge in [-0.05, 0) is 52.7 Å². The van der Waals surface area contributed by atoms with Gasteiger partial charge in [0.1, 0.15) is 5.75 Å². The molecule has 23 heavy (non-hydrogen) atoms. The van der Waals surface area contributed by atoms with Gasteiger partial charge < -0.3 is 9.15 Å². The summed E-state index contributed by atoms with van der Waals surface area (Å²) in [6.45, 7) is 2.63. The number of aryl methyl sites for hydroxylation is 1. The molecule has 0 N–H and O–H groups in total. The van der Waals surface area contributed by atoms with Crippen LogP contribution in [0, 0.1) is 6.92 Å². The lowest BCUT2D eigenvalue weighted by Gasteiger charge is -2.05. The minimum Gasteiger partial charge on any atom is -0.493 e. The van der Waals surface area contributed by atoms with Crippen molar-refractivity contribution in [3.8, 4) is 17.2 Å². The number of ether oxygens (including phenoxy) is 1. The zero-order valence-electron chi connectivity index (χ0n) is 12.5. The average Bonchev–Trinajstić information content (AvgIpc) is 3.01. The summed E-state index contributed by atoms with van der Waals surface area (Å²) in [7, 11) is 0. The highest BCUT2D eigenvalue weighted by Crippen LogP contribution is 2.28. The summed E-state index contributed by atoms with van der Waals surface area (Å²) in [5.41, 5.74) is 2.08. The normalized spacial score (nSPS) is 10.7. The van der Waals surface area contributed by atoms with Gasteiger partial charge in [0.2, 0.25) is 5.89 Å². The van der Waals surface area contributed by atoms with Crippen LogP contribution in [-0.4, -0.2) is 22.6 Å². The summed E-state index contributed by atoms with van der Waals surface area (Å²) in [4.78, 5) is 0. The Bertz CT molecular complexity index is 792. The molecule has 118 valence electrons. The number of hydrogen-bond acceptors (Lipinski definition) is 5. The second-order valence-electron chi connectivity index (χ2n) is 4.87. The summed E-state index contributed by atoms with van der Waals surface area (Å²) in [5, 5.41) is 8.69. The second kappa shape index (κ2) is 7.66. The van der Waals surface area contributed by atoms with Gasteiger partial charge in [0, 0.05) is 10.2 Å². The summed E-state index contributed by atoms with van der Waals surface area (Å²) in [6.07, 6.45) is 0. The first-order valence-electron chi connectivity index (χ1n) is 7.13. The van der Waals surface area contributed by atoms with E-state index in [0.29, 0.717) is 17.7 Å². The minimum atomic E-state index is 0.513. The van der Waals surface area contributed by atoms with Crippen molar-refractivity contribution >= 4 is 27.7 Å². The largest absolute Gasteiger partial charge is 0.493 e. The van der Waals surface area contributed by atoms with E-state index in [2.05, 4.69) is 26.1 Å². The lowest BCUT2D eigenvalue weighted by Crippen LogP contribution is -2.00. The highest BCUT2D eigenvalue weighted by atomic mass is 79.9. The zero-order valence-corrected chi connectivity index (χ0v) is 14.9. The van der Waals surface area contributed by atoms with Crippen LogP contribution in [0.2, 0.25) is 0 Å². The van der Waals surface area contributed by atoms with E-state index in [1.54, 1.807) is 0 Å². The number of benzene rings is 2. The molecule has 4 nitrogen and oxygen atoms in total. The van der Waals surface area contributed by atoms with E-state index in [1.807, 2.05) is 55.5 Å². The van der Waals surface area contributed by atoms with Crippen LogP contribution >= 0.6 is 27.7 Å². The molecule has 0 aliphatic heterocycles. The third-order valence-electron chi connectivity index (χ3n) is 3.08. The van der Waals surface area contributed by atoms with Crippen LogP contribution in [-0.2, 0) is 0 Å².